The van der Waals surface area contributed by atoms with Crippen LogP contribution in [0.5, 0.6) is 5.75 Å². The van der Waals surface area contributed by atoms with E-state index in [0.717, 1.165) is 11.1 Å². The van der Waals surface area contributed by atoms with E-state index in [1.807, 2.05) is 24.3 Å². The van der Waals surface area contributed by atoms with Crippen LogP contribution in [0.15, 0.2) is 36.4 Å². The molecule has 0 aromatic heterocycles. The van der Waals surface area contributed by atoms with Gasteiger partial charge in [0.15, 0.2) is 0 Å². The molecule has 0 spiro atoms. The molecule has 0 radical (unpaired) electrons. The molecule has 1 nitrogen and oxygen atoms in total. The van der Waals surface area contributed by atoms with Crippen molar-refractivity contribution in [1.82, 2.24) is 0 Å². The second-order valence-corrected chi connectivity index (χ2v) is 4.39. The quantitative estimate of drug-likeness (QED) is 0.763. The minimum absolute atomic E-state index is 0.116. The van der Waals surface area contributed by atoms with E-state index >= 15 is 0 Å². The van der Waals surface area contributed by atoms with E-state index in [9.17, 15) is 4.39 Å². The summed E-state index contributed by atoms with van der Waals surface area (Å²) in [7, 11) is 0. The molecule has 0 fully saturated rings. The van der Waals surface area contributed by atoms with Crippen LogP contribution >= 0.6 is 0 Å². The first-order valence-electron chi connectivity index (χ1n) is 5.94. The second kappa shape index (κ2) is 5.17. The van der Waals surface area contributed by atoms with E-state index in [2.05, 4.69) is 26.0 Å². The molecule has 0 heterocycles. The van der Waals surface area contributed by atoms with Crippen LogP contribution in [-0.4, -0.2) is 13.3 Å². The van der Waals surface area contributed by atoms with E-state index in [0.29, 0.717) is 5.92 Å². The topological polar surface area (TPSA) is 9.23 Å². The highest BCUT2D eigenvalue weighted by molar-refractivity contribution is 5.91. The molecule has 0 amide bonds. The minimum Gasteiger partial charge on any atom is -0.490 e. The smallest absolute Gasteiger partial charge is 0.127 e. The molecule has 2 aromatic carbocycles. The van der Waals surface area contributed by atoms with Crippen molar-refractivity contribution < 1.29 is 9.13 Å². The van der Waals surface area contributed by atoms with Gasteiger partial charge in [0.05, 0.1) is 0 Å². The van der Waals surface area contributed by atoms with Gasteiger partial charge in [-0.3, -0.25) is 0 Å². The van der Waals surface area contributed by atoms with Crippen molar-refractivity contribution in [2.75, 3.05) is 13.3 Å². The Morgan fingerprint density at radius 3 is 2.41 bits per heavy atom. The van der Waals surface area contributed by atoms with Crippen molar-refractivity contribution in [3.63, 3.8) is 0 Å². The van der Waals surface area contributed by atoms with E-state index in [-0.39, 0.29) is 6.61 Å². The molecule has 0 saturated carbocycles. The summed E-state index contributed by atoms with van der Waals surface area (Å²) in [6.07, 6.45) is 0. The Labute approximate surface area is 101 Å². The van der Waals surface area contributed by atoms with Crippen LogP contribution in [-0.2, 0) is 0 Å². The SMILES string of the molecule is CC(C)c1ccc(OCCF)c2ccccc12. The predicted octanol–water partition coefficient (Wildman–Crippen LogP) is 4.31. The number of benzene rings is 2. The van der Waals surface area contributed by atoms with E-state index in [1.54, 1.807) is 0 Å². The molecule has 0 N–H and O–H groups in total. The van der Waals surface area contributed by atoms with Gasteiger partial charge in [0.2, 0.25) is 0 Å². The van der Waals surface area contributed by atoms with Gasteiger partial charge in [-0.25, -0.2) is 4.39 Å². The van der Waals surface area contributed by atoms with Gasteiger partial charge in [-0.2, -0.15) is 0 Å². The third-order valence-corrected chi connectivity index (χ3v) is 2.87. The van der Waals surface area contributed by atoms with Gasteiger partial charge < -0.3 is 4.74 Å². The summed E-state index contributed by atoms with van der Waals surface area (Å²) in [6.45, 7) is 4.00. The van der Waals surface area contributed by atoms with Crippen molar-refractivity contribution in [3.05, 3.63) is 42.0 Å². The number of halogens is 1. The Balaban J connectivity index is 2.54. The Bertz CT molecular complexity index is 505. The Morgan fingerprint density at radius 1 is 1.06 bits per heavy atom. The molecule has 0 aliphatic carbocycles. The highest BCUT2D eigenvalue weighted by Crippen LogP contribution is 2.32. The van der Waals surface area contributed by atoms with Gasteiger partial charge in [-0.05, 0) is 22.9 Å². The van der Waals surface area contributed by atoms with Crippen LogP contribution in [0.2, 0.25) is 0 Å². The Kier molecular flexibility index (Phi) is 3.62. The molecular weight excluding hydrogens is 215 g/mol. The molecule has 0 saturated heterocycles. The molecule has 0 aliphatic heterocycles. The zero-order valence-electron chi connectivity index (χ0n) is 10.2. The van der Waals surface area contributed by atoms with Crippen molar-refractivity contribution in [2.45, 2.75) is 19.8 Å². The van der Waals surface area contributed by atoms with E-state index in [1.165, 1.54) is 10.9 Å². The average Bonchev–Trinajstić information content (AvgIpc) is 2.35. The highest BCUT2D eigenvalue weighted by atomic mass is 19.1. The van der Waals surface area contributed by atoms with Crippen LogP contribution in [0.3, 0.4) is 0 Å². The number of fused-ring (bicyclic) bond motifs is 1. The summed E-state index contributed by atoms with van der Waals surface area (Å²) in [5, 5.41) is 2.26. The lowest BCUT2D eigenvalue weighted by Gasteiger charge is -2.13. The van der Waals surface area contributed by atoms with Crippen LogP contribution in [0, 0.1) is 0 Å². The summed E-state index contributed by atoms with van der Waals surface area (Å²) in [5.74, 6) is 1.23. The maximum atomic E-state index is 12.2. The number of rotatable bonds is 4. The molecule has 2 heteroatoms. The minimum atomic E-state index is -0.458. The molecule has 0 unspecified atom stereocenters. The normalized spacial score (nSPS) is 11.1. The largest absolute Gasteiger partial charge is 0.490 e. The zero-order chi connectivity index (χ0) is 12.3. The first kappa shape index (κ1) is 11.9. The fraction of sp³-hybridized carbons (Fsp3) is 0.333. The monoisotopic (exact) mass is 232 g/mol. The number of hydrogen-bond donors (Lipinski definition) is 0. The van der Waals surface area contributed by atoms with Gasteiger partial charge in [-0.1, -0.05) is 44.2 Å². The lowest BCUT2D eigenvalue weighted by Crippen LogP contribution is -2.00. The van der Waals surface area contributed by atoms with E-state index < -0.39 is 6.67 Å². The lowest BCUT2D eigenvalue weighted by molar-refractivity contribution is 0.276. The number of hydrogen-bond acceptors (Lipinski definition) is 1. The Hall–Kier alpha value is -1.57. The zero-order valence-corrected chi connectivity index (χ0v) is 10.2. The van der Waals surface area contributed by atoms with Crippen molar-refractivity contribution in [1.29, 1.82) is 0 Å². The van der Waals surface area contributed by atoms with Crippen molar-refractivity contribution >= 4 is 10.8 Å². The van der Waals surface area contributed by atoms with E-state index in [4.69, 9.17) is 4.74 Å². The van der Waals surface area contributed by atoms with Crippen LogP contribution in [0.25, 0.3) is 10.8 Å². The van der Waals surface area contributed by atoms with Crippen LogP contribution in [0.4, 0.5) is 4.39 Å². The first-order valence-corrected chi connectivity index (χ1v) is 5.94. The molecule has 0 bridgehead atoms. The van der Waals surface area contributed by atoms with Crippen molar-refractivity contribution in [3.8, 4) is 5.75 Å². The van der Waals surface area contributed by atoms with Gasteiger partial charge in [0, 0.05) is 5.39 Å². The first-order chi connectivity index (χ1) is 8.24. The molecule has 0 aliphatic rings. The summed E-state index contributed by atoms with van der Waals surface area (Å²) in [4.78, 5) is 0. The van der Waals surface area contributed by atoms with Crippen LogP contribution < -0.4 is 4.74 Å². The predicted molar refractivity (Wildman–Crippen MR) is 69.5 cm³/mol. The molecular formula is C15H17FO. The third-order valence-electron chi connectivity index (χ3n) is 2.87. The molecule has 90 valence electrons. The summed E-state index contributed by atoms with van der Waals surface area (Å²) in [6, 6.07) is 12.1. The number of alkyl halides is 1. The summed E-state index contributed by atoms with van der Waals surface area (Å²) >= 11 is 0. The molecule has 17 heavy (non-hydrogen) atoms. The average molecular weight is 232 g/mol. The van der Waals surface area contributed by atoms with Crippen LogP contribution in [0.1, 0.15) is 25.3 Å². The third kappa shape index (κ3) is 2.41. The molecule has 2 rings (SSSR count). The van der Waals surface area contributed by atoms with Gasteiger partial charge in [0.1, 0.15) is 19.0 Å². The summed E-state index contributed by atoms with van der Waals surface area (Å²) < 4.78 is 17.6. The fourth-order valence-electron chi connectivity index (χ4n) is 2.07. The summed E-state index contributed by atoms with van der Waals surface area (Å²) in [5.41, 5.74) is 1.30. The fourth-order valence-corrected chi connectivity index (χ4v) is 2.07. The standard InChI is InChI=1S/C15H17FO/c1-11(2)12-7-8-15(17-10-9-16)14-6-4-3-5-13(12)14/h3-8,11H,9-10H2,1-2H3. The van der Waals surface area contributed by atoms with Gasteiger partial charge in [-0.15, -0.1) is 0 Å². The maximum absolute atomic E-state index is 12.2. The highest BCUT2D eigenvalue weighted by Gasteiger charge is 2.08. The maximum Gasteiger partial charge on any atom is 0.127 e. The van der Waals surface area contributed by atoms with Gasteiger partial charge >= 0.3 is 0 Å². The van der Waals surface area contributed by atoms with Gasteiger partial charge in [0.25, 0.3) is 0 Å². The second-order valence-electron chi connectivity index (χ2n) is 4.39. The van der Waals surface area contributed by atoms with Crippen molar-refractivity contribution in [2.24, 2.45) is 0 Å². The number of ether oxygens (including phenoxy) is 1. The molecule has 2 aromatic rings. The molecule has 0 atom stereocenters. The lowest BCUT2D eigenvalue weighted by atomic mass is 9.96. The Morgan fingerprint density at radius 2 is 1.76 bits per heavy atom.